The number of benzene rings is 1. The second-order valence-electron chi connectivity index (χ2n) is 6.91. The molecule has 0 aliphatic carbocycles. The Morgan fingerprint density at radius 1 is 1.25 bits per heavy atom. The van der Waals surface area contributed by atoms with Gasteiger partial charge in [-0.1, -0.05) is 12.1 Å². The van der Waals surface area contributed by atoms with E-state index in [9.17, 15) is 9.59 Å². The molecule has 3 aromatic rings. The molecule has 1 saturated heterocycles. The van der Waals surface area contributed by atoms with Crippen molar-refractivity contribution in [1.29, 1.82) is 0 Å². The Balaban J connectivity index is 1.39. The van der Waals surface area contributed by atoms with Gasteiger partial charge in [0.25, 0.3) is 0 Å². The minimum Gasteiger partial charge on any atom is -0.471 e. The average molecular weight is 383 g/mol. The number of carbonyl (C=O) groups excluding carboxylic acids is 1. The number of anilines is 1. The van der Waals surface area contributed by atoms with Crippen LogP contribution in [0.4, 0.5) is 5.82 Å². The molecule has 1 aromatic carbocycles. The molecule has 28 heavy (non-hydrogen) atoms. The lowest BCUT2D eigenvalue weighted by Crippen LogP contribution is -2.35. The molecule has 1 unspecified atom stereocenters. The van der Waals surface area contributed by atoms with Crippen LogP contribution in [0.2, 0.25) is 0 Å². The zero-order valence-corrected chi connectivity index (χ0v) is 15.7. The molecule has 0 bridgehead atoms. The minimum atomic E-state index is -0.530. The van der Waals surface area contributed by atoms with Crippen LogP contribution in [0, 0.1) is 0 Å². The van der Waals surface area contributed by atoms with E-state index in [4.69, 9.17) is 9.15 Å². The van der Waals surface area contributed by atoms with E-state index in [2.05, 4.69) is 10.2 Å². The second kappa shape index (κ2) is 7.34. The summed E-state index contributed by atoms with van der Waals surface area (Å²) in [7, 11) is 3.78. The Morgan fingerprint density at radius 3 is 2.82 bits per heavy atom. The number of rotatable bonds is 5. The Kier molecular flexibility index (Phi) is 4.72. The van der Waals surface area contributed by atoms with Crippen LogP contribution in [0.15, 0.2) is 45.6 Å². The van der Waals surface area contributed by atoms with E-state index in [0.29, 0.717) is 36.5 Å². The summed E-state index contributed by atoms with van der Waals surface area (Å²) in [6.45, 7) is 0.956. The average Bonchev–Trinajstić information content (AvgIpc) is 3.27. The van der Waals surface area contributed by atoms with Crippen LogP contribution in [0.25, 0.3) is 11.1 Å². The number of fused-ring (bicyclic) bond motifs is 1. The lowest BCUT2D eigenvalue weighted by Gasteiger charge is -2.17. The van der Waals surface area contributed by atoms with Gasteiger partial charge in [-0.3, -0.25) is 9.36 Å². The van der Waals surface area contributed by atoms with E-state index < -0.39 is 5.76 Å². The molecule has 0 spiro atoms. The predicted molar refractivity (Wildman–Crippen MR) is 102 cm³/mol. The third-order valence-electron chi connectivity index (χ3n) is 4.74. The van der Waals surface area contributed by atoms with Crippen molar-refractivity contribution in [3.05, 3.63) is 46.9 Å². The summed E-state index contributed by atoms with van der Waals surface area (Å²) in [5.74, 6) is 0.502. The first-order valence-electron chi connectivity index (χ1n) is 9.05. The van der Waals surface area contributed by atoms with Crippen molar-refractivity contribution < 1.29 is 13.9 Å². The van der Waals surface area contributed by atoms with E-state index in [1.54, 1.807) is 35.2 Å². The highest BCUT2D eigenvalue weighted by Gasteiger charge is 2.28. The van der Waals surface area contributed by atoms with Gasteiger partial charge in [0.15, 0.2) is 11.4 Å². The van der Waals surface area contributed by atoms with Crippen molar-refractivity contribution in [3.63, 3.8) is 0 Å². The van der Waals surface area contributed by atoms with Crippen molar-refractivity contribution >= 4 is 22.8 Å². The van der Waals surface area contributed by atoms with Crippen LogP contribution in [-0.2, 0) is 11.3 Å². The first kappa shape index (κ1) is 18.0. The molecule has 9 heteroatoms. The van der Waals surface area contributed by atoms with Crippen molar-refractivity contribution in [1.82, 2.24) is 19.7 Å². The molecule has 0 N–H and O–H groups in total. The normalized spacial score (nSPS) is 16.5. The lowest BCUT2D eigenvalue weighted by molar-refractivity contribution is -0.131. The number of aromatic nitrogens is 3. The van der Waals surface area contributed by atoms with Gasteiger partial charge in [0.2, 0.25) is 11.8 Å². The molecule has 0 radical (unpaired) electrons. The zero-order valence-electron chi connectivity index (χ0n) is 15.7. The van der Waals surface area contributed by atoms with Gasteiger partial charge in [-0.15, -0.1) is 10.2 Å². The van der Waals surface area contributed by atoms with Gasteiger partial charge in [0, 0.05) is 33.1 Å². The Morgan fingerprint density at radius 2 is 2.07 bits per heavy atom. The maximum Gasteiger partial charge on any atom is 0.420 e. The standard InChI is InChI=1S/C19H21N5O4/c1-22(2)16-7-8-17(21-20-16)27-13-9-10-23(11-13)18(25)12-24-14-5-3-4-6-15(14)28-19(24)26/h3-8,13H,9-12H2,1-2H3. The summed E-state index contributed by atoms with van der Waals surface area (Å²) in [4.78, 5) is 28.3. The third-order valence-corrected chi connectivity index (χ3v) is 4.74. The van der Waals surface area contributed by atoms with Crippen LogP contribution in [0.5, 0.6) is 5.88 Å². The summed E-state index contributed by atoms with van der Waals surface area (Å²) >= 11 is 0. The van der Waals surface area contributed by atoms with Crippen LogP contribution in [-0.4, -0.2) is 58.9 Å². The van der Waals surface area contributed by atoms with Crippen molar-refractivity contribution in [2.24, 2.45) is 0 Å². The lowest BCUT2D eigenvalue weighted by atomic mass is 10.3. The molecule has 1 aliphatic rings. The number of carbonyl (C=O) groups is 1. The first-order valence-corrected chi connectivity index (χ1v) is 9.05. The fraction of sp³-hybridized carbons (Fsp3) is 0.368. The van der Waals surface area contributed by atoms with E-state index >= 15 is 0 Å². The summed E-state index contributed by atoms with van der Waals surface area (Å²) in [6, 6.07) is 10.7. The molecule has 1 amide bonds. The minimum absolute atomic E-state index is 0.0557. The van der Waals surface area contributed by atoms with Gasteiger partial charge in [-0.2, -0.15) is 0 Å². The van der Waals surface area contributed by atoms with Crippen LogP contribution < -0.4 is 15.4 Å². The smallest absolute Gasteiger partial charge is 0.420 e. The number of likely N-dealkylation sites (tertiary alicyclic amines) is 1. The Hall–Kier alpha value is -3.36. The highest BCUT2D eigenvalue weighted by Crippen LogP contribution is 2.18. The third kappa shape index (κ3) is 3.55. The number of nitrogens with zero attached hydrogens (tertiary/aromatic N) is 5. The fourth-order valence-corrected chi connectivity index (χ4v) is 3.24. The number of hydrogen-bond donors (Lipinski definition) is 0. The molecule has 1 aliphatic heterocycles. The second-order valence-corrected chi connectivity index (χ2v) is 6.91. The van der Waals surface area contributed by atoms with E-state index in [1.807, 2.05) is 25.1 Å². The van der Waals surface area contributed by atoms with Crippen molar-refractivity contribution in [2.75, 3.05) is 32.1 Å². The van der Waals surface area contributed by atoms with E-state index in [-0.39, 0.29) is 18.6 Å². The van der Waals surface area contributed by atoms with Crippen molar-refractivity contribution in [3.8, 4) is 5.88 Å². The van der Waals surface area contributed by atoms with E-state index in [1.165, 1.54) is 4.57 Å². The van der Waals surface area contributed by atoms with Gasteiger partial charge < -0.3 is 19.0 Å². The summed E-state index contributed by atoms with van der Waals surface area (Å²) in [5, 5.41) is 8.15. The topological polar surface area (TPSA) is 93.7 Å². The van der Waals surface area contributed by atoms with Crippen LogP contribution >= 0.6 is 0 Å². The quantitative estimate of drug-likeness (QED) is 0.652. The van der Waals surface area contributed by atoms with Crippen LogP contribution in [0.1, 0.15) is 6.42 Å². The Labute approximate surface area is 161 Å². The van der Waals surface area contributed by atoms with Gasteiger partial charge >= 0.3 is 5.76 Å². The van der Waals surface area contributed by atoms with Gasteiger partial charge in [-0.05, 0) is 18.2 Å². The number of para-hydroxylation sites is 2. The van der Waals surface area contributed by atoms with Gasteiger partial charge in [0.1, 0.15) is 12.6 Å². The summed E-state index contributed by atoms with van der Waals surface area (Å²) < 4.78 is 12.4. The molecule has 1 atom stereocenters. The molecular formula is C19H21N5O4. The number of hydrogen-bond acceptors (Lipinski definition) is 7. The highest BCUT2D eigenvalue weighted by molar-refractivity contribution is 5.79. The predicted octanol–water partition coefficient (Wildman–Crippen LogP) is 1.13. The molecule has 2 aromatic heterocycles. The molecule has 4 rings (SSSR count). The van der Waals surface area contributed by atoms with Crippen LogP contribution in [0.3, 0.4) is 0 Å². The number of ether oxygens (including phenoxy) is 1. The van der Waals surface area contributed by atoms with E-state index in [0.717, 1.165) is 5.82 Å². The number of oxazole rings is 1. The maximum atomic E-state index is 12.7. The molecule has 0 saturated carbocycles. The first-order chi connectivity index (χ1) is 13.5. The monoisotopic (exact) mass is 383 g/mol. The maximum absolute atomic E-state index is 12.7. The molecule has 1 fully saturated rings. The largest absolute Gasteiger partial charge is 0.471 e. The SMILES string of the molecule is CN(C)c1ccc(OC2CCN(C(=O)Cn3c(=O)oc4ccccc43)C2)nn1. The summed E-state index contributed by atoms with van der Waals surface area (Å²) in [5.41, 5.74) is 1.09. The molecule has 3 heterocycles. The van der Waals surface area contributed by atoms with Crippen molar-refractivity contribution in [2.45, 2.75) is 19.1 Å². The molecule has 9 nitrogen and oxygen atoms in total. The highest BCUT2D eigenvalue weighted by atomic mass is 16.5. The van der Waals surface area contributed by atoms with Gasteiger partial charge in [-0.25, -0.2) is 4.79 Å². The van der Waals surface area contributed by atoms with Gasteiger partial charge in [0.05, 0.1) is 12.1 Å². The zero-order chi connectivity index (χ0) is 19.7. The number of amides is 1. The summed E-state index contributed by atoms with van der Waals surface area (Å²) in [6.07, 6.45) is 0.547. The molecule has 146 valence electrons. The fourth-order valence-electron chi connectivity index (χ4n) is 3.24. The Bertz CT molecular complexity index is 1040. The molecular weight excluding hydrogens is 362 g/mol.